The molecule has 6 heteroatoms. The van der Waals surface area contributed by atoms with Crippen LogP contribution in [-0.4, -0.2) is 24.8 Å². The second kappa shape index (κ2) is 13.5. The topological polar surface area (TPSA) is 65.0 Å². The van der Waals surface area contributed by atoms with E-state index in [4.69, 9.17) is 14.2 Å². The van der Waals surface area contributed by atoms with Crippen LogP contribution in [0.25, 0.3) is 11.1 Å². The van der Waals surface area contributed by atoms with Gasteiger partial charge in [0.1, 0.15) is 29.7 Å². The summed E-state index contributed by atoms with van der Waals surface area (Å²) in [6.45, 7) is 4.97. The molecule has 0 heterocycles. The zero-order valence-corrected chi connectivity index (χ0v) is 21.3. The normalized spacial score (nSPS) is 11.7. The molecule has 0 aromatic heterocycles. The molecule has 0 radical (unpaired) electrons. The van der Waals surface area contributed by atoms with Crippen LogP contribution < -0.4 is 14.2 Å². The lowest BCUT2D eigenvalue weighted by Gasteiger charge is -2.17. The summed E-state index contributed by atoms with van der Waals surface area (Å²) in [7, 11) is 1.55. The van der Waals surface area contributed by atoms with Crippen LogP contribution in [0.5, 0.6) is 17.2 Å². The Hall–Kier alpha value is -3.54. The van der Waals surface area contributed by atoms with Crippen LogP contribution in [0.2, 0.25) is 0 Å². The van der Waals surface area contributed by atoms with Gasteiger partial charge in [0.05, 0.1) is 20.1 Å². The van der Waals surface area contributed by atoms with Crippen LogP contribution in [-0.2, 0) is 11.4 Å². The Bertz CT molecular complexity index is 1140. The van der Waals surface area contributed by atoms with Crippen LogP contribution in [0.4, 0.5) is 4.39 Å². The van der Waals surface area contributed by atoms with Crippen molar-refractivity contribution < 1.29 is 28.5 Å². The molecule has 5 nitrogen and oxygen atoms in total. The van der Waals surface area contributed by atoms with Crippen LogP contribution in [0.15, 0.2) is 60.7 Å². The van der Waals surface area contributed by atoms with Crippen LogP contribution in [0.1, 0.15) is 63.0 Å². The average Bonchev–Trinajstić information content (AvgIpc) is 2.88. The number of methoxy groups -OCH3 is 1. The average molecular weight is 495 g/mol. The smallest absolute Gasteiger partial charge is 0.303 e. The third-order valence-corrected chi connectivity index (χ3v) is 6.06. The largest absolute Gasteiger partial charge is 0.497 e. The summed E-state index contributed by atoms with van der Waals surface area (Å²) in [6, 6.07) is 17.9. The van der Waals surface area contributed by atoms with Crippen molar-refractivity contribution in [1.82, 2.24) is 0 Å². The van der Waals surface area contributed by atoms with Crippen molar-refractivity contribution in [2.75, 3.05) is 13.7 Å². The molecule has 0 aliphatic carbocycles. The molecule has 0 amide bonds. The van der Waals surface area contributed by atoms with Gasteiger partial charge in [-0.3, -0.25) is 4.79 Å². The summed E-state index contributed by atoms with van der Waals surface area (Å²) < 4.78 is 32.1. The second-order valence-electron chi connectivity index (χ2n) is 8.82. The van der Waals surface area contributed by atoms with Crippen molar-refractivity contribution in [1.29, 1.82) is 0 Å². The number of rotatable bonds is 14. The van der Waals surface area contributed by atoms with Crippen LogP contribution in [0, 0.1) is 5.82 Å². The second-order valence-corrected chi connectivity index (χ2v) is 8.82. The number of aliphatic carboxylic acids is 1. The van der Waals surface area contributed by atoms with Gasteiger partial charge < -0.3 is 19.3 Å². The van der Waals surface area contributed by atoms with Crippen molar-refractivity contribution >= 4 is 5.97 Å². The zero-order chi connectivity index (χ0) is 25.9. The van der Waals surface area contributed by atoms with Crippen molar-refractivity contribution in [2.24, 2.45) is 0 Å². The lowest BCUT2D eigenvalue weighted by molar-refractivity contribution is -0.137. The molecule has 3 rings (SSSR count). The molecule has 0 unspecified atom stereocenters. The molecule has 1 N–H and O–H groups in total. The van der Waals surface area contributed by atoms with E-state index in [9.17, 15) is 14.3 Å². The predicted molar refractivity (Wildman–Crippen MR) is 139 cm³/mol. The maximum absolute atomic E-state index is 14.7. The fourth-order valence-corrected chi connectivity index (χ4v) is 4.13. The minimum Gasteiger partial charge on any atom is -0.497 e. The van der Waals surface area contributed by atoms with Gasteiger partial charge in [-0.1, -0.05) is 51.0 Å². The van der Waals surface area contributed by atoms with Gasteiger partial charge in [-0.25, -0.2) is 4.39 Å². The first kappa shape index (κ1) is 27.1. The molecule has 36 heavy (non-hydrogen) atoms. The van der Waals surface area contributed by atoms with Crippen LogP contribution in [0.3, 0.4) is 0 Å². The molecule has 3 aromatic rings. The van der Waals surface area contributed by atoms with E-state index >= 15 is 0 Å². The van der Waals surface area contributed by atoms with E-state index in [1.54, 1.807) is 19.2 Å². The van der Waals surface area contributed by atoms with Gasteiger partial charge in [-0.05, 0) is 66.3 Å². The van der Waals surface area contributed by atoms with E-state index in [2.05, 4.69) is 13.8 Å². The highest BCUT2D eigenvalue weighted by molar-refractivity contribution is 5.72. The third-order valence-electron chi connectivity index (χ3n) is 6.06. The van der Waals surface area contributed by atoms with E-state index in [0.29, 0.717) is 41.6 Å². The lowest BCUT2D eigenvalue weighted by Crippen LogP contribution is -2.06. The van der Waals surface area contributed by atoms with E-state index in [0.717, 1.165) is 36.8 Å². The summed E-state index contributed by atoms with van der Waals surface area (Å²) in [6.07, 6.45) is 3.68. The summed E-state index contributed by atoms with van der Waals surface area (Å²) in [5.74, 6) is 0.641. The molecule has 0 bridgehead atoms. The monoisotopic (exact) mass is 494 g/mol. The Morgan fingerprint density at radius 3 is 2.50 bits per heavy atom. The molecule has 3 aromatic carbocycles. The molecular weight excluding hydrogens is 459 g/mol. The SMILES string of the molecule is CCCCOc1cc(COc2cccc([C@H](CCC)CC(=O)O)c2)ccc1-c1cc(OC)ccc1F. The van der Waals surface area contributed by atoms with Crippen molar-refractivity contribution in [3.05, 3.63) is 77.6 Å². The molecule has 0 saturated carbocycles. The maximum atomic E-state index is 14.7. The lowest BCUT2D eigenvalue weighted by atomic mass is 9.91. The van der Waals surface area contributed by atoms with Gasteiger partial charge in [-0.15, -0.1) is 0 Å². The number of hydrogen-bond acceptors (Lipinski definition) is 4. The molecule has 192 valence electrons. The van der Waals surface area contributed by atoms with Crippen molar-refractivity contribution in [2.45, 2.75) is 58.5 Å². The van der Waals surface area contributed by atoms with Gasteiger partial charge >= 0.3 is 5.97 Å². The molecule has 0 saturated heterocycles. The van der Waals surface area contributed by atoms with E-state index in [1.165, 1.54) is 6.07 Å². The van der Waals surface area contributed by atoms with Gasteiger partial charge in [0.2, 0.25) is 0 Å². The van der Waals surface area contributed by atoms with Gasteiger partial charge in [0, 0.05) is 11.1 Å². The van der Waals surface area contributed by atoms with Gasteiger partial charge in [0.15, 0.2) is 0 Å². The third kappa shape index (κ3) is 7.48. The van der Waals surface area contributed by atoms with Gasteiger partial charge in [-0.2, -0.15) is 0 Å². The Morgan fingerprint density at radius 1 is 0.944 bits per heavy atom. The number of hydrogen-bond donors (Lipinski definition) is 1. The summed E-state index contributed by atoms with van der Waals surface area (Å²) in [5.41, 5.74) is 2.92. The Labute approximate surface area is 212 Å². The molecule has 0 fully saturated rings. The number of carboxylic acids is 1. The van der Waals surface area contributed by atoms with Crippen molar-refractivity contribution in [3.63, 3.8) is 0 Å². The highest BCUT2D eigenvalue weighted by atomic mass is 19.1. The minimum atomic E-state index is -0.803. The van der Waals surface area contributed by atoms with Crippen molar-refractivity contribution in [3.8, 4) is 28.4 Å². The Morgan fingerprint density at radius 2 is 1.78 bits per heavy atom. The summed E-state index contributed by atoms with van der Waals surface area (Å²) in [4.78, 5) is 11.3. The van der Waals surface area contributed by atoms with E-state index < -0.39 is 5.97 Å². The fourth-order valence-electron chi connectivity index (χ4n) is 4.13. The molecule has 0 aliphatic rings. The minimum absolute atomic E-state index is 0.0494. The quantitative estimate of drug-likeness (QED) is 0.234. The summed E-state index contributed by atoms with van der Waals surface area (Å²) >= 11 is 0. The fraction of sp³-hybridized carbons (Fsp3) is 0.367. The maximum Gasteiger partial charge on any atom is 0.303 e. The predicted octanol–water partition coefficient (Wildman–Crippen LogP) is 7.62. The van der Waals surface area contributed by atoms with Crippen LogP contribution >= 0.6 is 0 Å². The first-order chi connectivity index (χ1) is 17.4. The number of halogens is 1. The highest BCUT2D eigenvalue weighted by Crippen LogP contribution is 2.35. The molecule has 0 spiro atoms. The highest BCUT2D eigenvalue weighted by Gasteiger charge is 2.16. The summed E-state index contributed by atoms with van der Waals surface area (Å²) in [5, 5.41) is 9.27. The number of unbranched alkanes of at least 4 members (excludes halogenated alkanes) is 1. The molecule has 1 atom stereocenters. The number of benzene rings is 3. The number of carboxylic acid groups (broad SMARTS) is 1. The van der Waals surface area contributed by atoms with E-state index in [1.807, 2.05) is 42.5 Å². The molecule has 0 aliphatic heterocycles. The Balaban J connectivity index is 1.82. The first-order valence-electron chi connectivity index (χ1n) is 12.5. The molecular formula is C30H35FO5. The number of ether oxygens (including phenoxy) is 3. The first-order valence-corrected chi connectivity index (χ1v) is 12.5. The Kier molecular flexibility index (Phi) is 10.2. The van der Waals surface area contributed by atoms with E-state index in [-0.39, 0.29) is 18.2 Å². The number of carbonyl (C=O) groups is 1. The zero-order valence-electron chi connectivity index (χ0n) is 21.3. The standard InChI is InChI=1S/C30H35FO5/c1-4-6-15-35-29-16-21(11-13-26(29)27-19-24(34-3)12-14-28(27)31)20-36-25-10-7-9-23(17-25)22(8-5-2)18-30(32)33/h7,9-14,16-17,19,22H,4-6,8,15,18,20H2,1-3H3,(H,32,33)/t22-/m1/s1. The van der Waals surface area contributed by atoms with Gasteiger partial charge in [0.25, 0.3) is 0 Å².